The van der Waals surface area contributed by atoms with Gasteiger partial charge in [-0.05, 0) is 60.6 Å². The van der Waals surface area contributed by atoms with Crippen LogP contribution in [0.25, 0.3) is 5.57 Å². The zero-order valence-corrected chi connectivity index (χ0v) is 20.0. The Kier molecular flexibility index (Phi) is 6.27. The molecule has 1 fully saturated rings. The number of nitrogens with zero attached hydrogens (tertiary/aromatic N) is 3. The number of aryl methyl sites for hydroxylation is 1. The van der Waals surface area contributed by atoms with Gasteiger partial charge in [-0.25, -0.2) is 8.42 Å². The summed E-state index contributed by atoms with van der Waals surface area (Å²) in [6, 6.07) is 15.1. The van der Waals surface area contributed by atoms with Gasteiger partial charge in [-0.3, -0.25) is 9.59 Å². The molecule has 2 aromatic rings. The highest BCUT2D eigenvalue weighted by Gasteiger charge is 2.32. The van der Waals surface area contributed by atoms with Crippen molar-refractivity contribution in [3.63, 3.8) is 0 Å². The van der Waals surface area contributed by atoms with Gasteiger partial charge < -0.3 is 9.80 Å². The predicted octanol–water partition coefficient (Wildman–Crippen LogP) is 3.07. The molecule has 0 atom stereocenters. The van der Waals surface area contributed by atoms with E-state index in [9.17, 15) is 18.0 Å². The third kappa shape index (κ3) is 4.40. The van der Waals surface area contributed by atoms with E-state index >= 15 is 0 Å². The molecule has 0 unspecified atom stereocenters. The van der Waals surface area contributed by atoms with Crippen LogP contribution in [0.15, 0.2) is 59.5 Å². The third-order valence-corrected chi connectivity index (χ3v) is 8.85. The first-order chi connectivity index (χ1) is 16.4. The average Bonchev–Trinajstić information content (AvgIpc) is 3.42. The van der Waals surface area contributed by atoms with Crippen LogP contribution >= 0.6 is 0 Å². The standard InChI is InChI=1S/C26H29N3O4S/c30-25-11-8-22-18-23(34(32,33)28-14-4-5-15-28)9-10-24(22)29(25)19-26(31)27-16-12-21(13-17-27)20-6-2-1-3-7-20/h1-3,6-7,9-10,12,18H,4-5,8,11,13-17,19H2. The van der Waals surface area contributed by atoms with Crippen LogP contribution in [0.4, 0.5) is 5.69 Å². The van der Waals surface area contributed by atoms with Gasteiger partial charge in [0.15, 0.2) is 0 Å². The normalized spacial score (nSPS) is 19.2. The number of fused-ring (bicyclic) bond motifs is 1. The summed E-state index contributed by atoms with van der Waals surface area (Å²) in [6.07, 6.45) is 5.37. The van der Waals surface area contributed by atoms with Crippen molar-refractivity contribution in [3.05, 3.63) is 65.7 Å². The Morgan fingerprint density at radius 2 is 1.68 bits per heavy atom. The van der Waals surface area contributed by atoms with E-state index in [1.807, 2.05) is 18.2 Å². The maximum Gasteiger partial charge on any atom is 0.243 e. The van der Waals surface area contributed by atoms with Crippen LogP contribution < -0.4 is 4.90 Å². The number of amides is 2. The molecule has 0 aliphatic carbocycles. The van der Waals surface area contributed by atoms with Gasteiger partial charge >= 0.3 is 0 Å². The Morgan fingerprint density at radius 1 is 0.912 bits per heavy atom. The maximum atomic E-state index is 13.1. The van der Waals surface area contributed by atoms with Gasteiger partial charge in [0.25, 0.3) is 0 Å². The van der Waals surface area contributed by atoms with Gasteiger partial charge in [0.2, 0.25) is 21.8 Å². The molecule has 2 amide bonds. The minimum absolute atomic E-state index is 0.0292. The lowest BCUT2D eigenvalue weighted by atomic mass is 9.99. The zero-order chi connectivity index (χ0) is 23.7. The largest absolute Gasteiger partial charge is 0.337 e. The van der Waals surface area contributed by atoms with Crippen LogP contribution in [0.5, 0.6) is 0 Å². The lowest BCUT2D eigenvalue weighted by molar-refractivity contribution is -0.131. The summed E-state index contributed by atoms with van der Waals surface area (Å²) in [6.45, 7) is 2.20. The van der Waals surface area contributed by atoms with Crippen LogP contribution in [-0.2, 0) is 26.0 Å². The zero-order valence-electron chi connectivity index (χ0n) is 19.2. The molecule has 0 aromatic heterocycles. The number of rotatable bonds is 5. The first-order valence-corrected chi connectivity index (χ1v) is 13.3. The molecule has 0 N–H and O–H groups in total. The summed E-state index contributed by atoms with van der Waals surface area (Å²) in [5.74, 6) is -0.202. The van der Waals surface area contributed by atoms with Gasteiger partial charge in [-0.2, -0.15) is 4.31 Å². The molecule has 0 saturated carbocycles. The van der Waals surface area contributed by atoms with Crippen LogP contribution in [-0.4, -0.2) is 62.2 Å². The summed E-state index contributed by atoms with van der Waals surface area (Å²) in [5, 5.41) is 0. The molecule has 2 aromatic carbocycles. The second-order valence-electron chi connectivity index (χ2n) is 9.07. The van der Waals surface area contributed by atoms with E-state index in [2.05, 4.69) is 18.2 Å². The highest BCUT2D eigenvalue weighted by molar-refractivity contribution is 7.89. The Balaban J connectivity index is 1.31. The predicted molar refractivity (Wildman–Crippen MR) is 131 cm³/mol. The number of benzene rings is 2. The van der Waals surface area contributed by atoms with E-state index < -0.39 is 10.0 Å². The van der Waals surface area contributed by atoms with E-state index in [0.717, 1.165) is 24.8 Å². The fourth-order valence-corrected chi connectivity index (χ4v) is 6.56. The van der Waals surface area contributed by atoms with Crippen molar-refractivity contribution in [2.24, 2.45) is 0 Å². The average molecular weight is 480 g/mol. The summed E-state index contributed by atoms with van der Waals surface area (Å²) in [4.78, 5) is 29.3. The first-order valence-electron chi connectivity index (χ1n) is 11.9. The van der Waals surface area contributed by atoms with Gasteiger partial charge in [-0.15, -0.1) is 0 Å². The number of carbonyl (C=O) groups is 2. The van der Waals surface area contributed by atoms with Crippen LogP contribution in [0.3, 0.4) is 0 Å². The number of hydrogen-bond donors (Lipinski definition) is 0. The Morgan fingerprint density at radius 3 is 2.38 bits per heavy atom. The summed E-state index contributed by atoms with van der Waals surface area (Å²) in [5.41, 5.74) is 3.85. The molecule has 3 heterocycles. The van der Waals surface area contributed by atoms with Crippen molar-refractivity contribution in [2.45, 2.75) is 37.0 Å². The molecular formula is C26H29N3O4S. The van der Waals surface area contributed by atoms with E-state index in [1.54, 1.807) is 23.1 Å². The monoisotopic (exact) mass is 479 g/mol. The third-order valence-electron chi connectivity index (χ3n) is 6.95. The Bertz CT molecular complexity index is 1230. The highest BCUT2D eigenvalue weighted by Crippen LogP contribution is 2.32. The van der Waals surface area contributed by atoms with Crippen molar-refractivity contribution < 1.29 is 18.0 Å². The molecular weight excluding hydrogens is 450 g/mol. The smallest absolute Gasteiger partial charge is 0.243 e. The van der Waals surface area contributed by atoms with E-state index in [1.165, 1.54) is 20.3 Å². The topological polar surface area (TPSA) is 78.0 Å². The Labute approximate surface area is 200 Å². The molecule has 5 rings (SSSR count). The highest BCUT2D eigenvalue weighted by atomic mass is 32.2. The van der Waals surface area contributed by atoms with Crippen molar-refractivity contribution >= 4 is 33.1 Å². The minimum Gasteiger partial charge on any atom is -0.337 e. The lowest BCUT2D eigenvalue weighted by Gasteiger charge is -2.33. The van der Waals surface area contributed by atoms with Gasteiger partial charge in [0.05, 0.1) is 4.90 Å². The molecule has 1 saturated heterocycles. The summed E-state index contributed by atoms with van der Waals surface area (Å²) >= 11 is 0. The second kappa shape index (κ2) is 9.35. The maximum absolute atomic E-state index is 13.1. The fraction of sp³-hybridized carbons (Fsp3) is 0.385. The number of anilines is 1. The van der Waals surface area contributed by atoms with Crippen molar-refractivity contribution in [1.82, 2.24) is 9.21 Å². The lowest BCUT2D eigenvalue weighted by Crippen LogP contribution is -2.46. The van der Waals surface area contributed by atoms with Crippen molar-refractivity contribution in [3.8, 4) is 0 Å². The molecule has 178 valence electrons. The van der Waals surface area contributed by atoms with Gasteiger partial charge in [-0.1, -0.05) is 36.4 Å². The van der Waals surface area contributed by atoms with Gasteiger partial charge in [0.1, 0.15) is 6.54 Å². The first kappa shape index (κ1) is 22.8. The summed E-state index contributed by atoms with van der Waals surface area (Å²) < 4.78 is 27.4. The minimum atomic E-state index is -3.52. The van der Waals surface area contributed by atoms with E-state index in [4.69, 9.17) is 0 Å². The molecule has 3 aliphatic heterocycles. The van der Waals surface area contributed by atoms with Crippen LogP contribution in [0.1, 0.15) is 36.8 Å². The molecule has 8 heteroatoms. The molecule has 0 spiro atoms. The summed E-state index contributed by atoms with van der Waals surface area (Å²) in [7, 11) is -3.52. The second-order valence-corrected chi connectivity index (χ2v) is 11.0. The SMILES string of the molecule is O=C(CN1C(=O)CCc2cc(S(=O)(=O)N3CCCC3)ccc21)N1CC=C(c2ccccc2)CC1. The molecule has 34 heavy (non-hydrogen) atoms. The van der Waals surface area contributed by atoms with E-state index in [-0.39, 0.29) is 29.7 Å². The fourth-order valence-electron chi connectivity index (χ4n) is 4.99. The van der Waals surface area contributed by atoms with Crippen molar-refractivity contribution in [1.29, 1.82) is 0 Å². The van der Waals surface area contributed by atoms with Gasteiger partial charge in [0, 0.05) is 38.3 Å². The molecule has 7 nitrogen and oxygen atoms in total. The van der Waals surface area contributed by atoms with Crippen LogP contribution in [0.2, 0.25) is 0 Å². The quantitative estimate of drug-likeness (QED) is 0.660. The van der Waals surface area contributed by atoms with Crippen LogP contribution in [0, 0.1) is 0 Å². The van der Waals surface area contributed by atoms with E-state index in [0.29, 0.717) is 38.3 Å². The number of hydrogen-bond acceptors (Lipinski definition) is 4. The molecule has 0 radical (unpaired) electrons. The molecule has 3 aliphatic rings. The Hall–Kier alpha value is -2.97. The number of sulfonamides is 1. The molecule has 0 bridgehead atoms. The number of carbonyl (C=O) groups excluding carboxylic acids is 2. The van der Waals surface area contributed by atoms with Crippen molar-refractivity contribution in [2.75, 3.05) is 37.6 Å².